The van der Waals surface area contributed by atoms with Crippen molar-refractivity contribution in [2.45, 2.75) is 70.4 Å². The summed E-state index contributed by atoms with van der Waals surface area (Å²) in [5.41, 5.74) is 6.35. The van der Waals surface area contributed by atoms with E-state index in [1.54, 1.807) is 0 Å². The summed E-state index contributed by atoms with van der Waals surface area (Å²) in [5.74, 6) is 0.976. The van der Waals surface area contributed by atoms with Gasteiger partial charge in [-0.15, -0.1) is 0 Å². The highest BCUT2D eigenvalue weighted by Crippen LogP contribution is 2.40. The van der Waals surface area contributed by atoms with Crippen molar-refractivity contribution in [1.82, 2.24) is 4.90 Å². The van der Waals surface area contributed by atoms with Crippen LogP contribution in [0.5, 0.6) is 0 Å². The monoisotopic (exact) mass is 224 g/mol. The Kier molecular flexibility index (Phi) is 3.91. The maximum Gasteiger partial charge on any atom is 0.0309 e. The van der Waals surface area contributed by atoms with Crippen LogP contribution in [0.3, 0.4) is 0 Å². The molecule has 0 aromatic rings. The van der Waals surface area contributed by atoms with E-state index in [9.17, 15) is 0 Å². The first kappa shape index (κ1) is 12.4. The SMILES string of the molecule is CCN(C1CCCC1)C(C)(CN)CC1CC1. The average Bonchev–Trinajstić information content (AvgIpc) is 2.92. The van der Waals surface area contributed by atoms with Gasteiger partial charge in [0.1, 0.15) is 0 Å². The molecule has 16 heavy (non-hydrogen) atoms. The Labute approximate surface area is 101 Å². The highest BCUT2D eigenvalue weighted by atomic mass is 15.2. The van der Waals surface area contributed by atoms with Crippen molar-refractivity contribution >= 4 is 0 Å². The summed E-state index contributed by atoms with van der Waals surface area (Å²) in [7, 11) is 0. The zero-order valence-corrected chi connectivity index (χ0v) is 11.0. The van der Waals surface area contributed by atoms with E-state index in [1.165, 1.54) is 51.5 Å². The molecule has 1 unspecified atom stereocenters. The second kappa shape index (κ2) is 5.05. The van der Waals surface area contributed by atoms with Gasteiger partial charge >= 0.3 is 0 Å². The van der Waals surface area contributed by atoms with Gasteiger partial charge in [-0.1, -0.05) is 32.6 Å². The summed E-state index contributed by atoms with van der Waals surface area (Å²) in [6, 6.07) is 0.817. The highest BCUT2D eigenvalue weighted by Gasteiger charge is 2.39. The summed E-state index contributed by atoms with van der Waals surface area (Å²) >= 11 is 0. The molecule has 2 aliphatic rings. The third kappa shape index (κ3) is 2.60. The Morgan fingerprint density at radius 2 is 1.81 bits per heavy atom. The van der Waals surface area contributed by atoms with Gasteiger partial charge in [-0.05, 0) is 38.6 Å². The molecule has 0 spiro atoms. The Morgan fingerprint density at radius 3 is 2.25 bits per heavy atom. The van der Waals surface area contributed by atoms with Crippen LogP contribution in [0.25, 0.3) is 0 Å². The molecule has 0 aliphatic heterocycles. The van der Waals surface area contributed by atoms with Crippen molar-refractivity contribution in [1.29, 1.82) is 0 Å². The second-order valence-corrected chi connectivity index (χ2v) is 6.07. The van der Waals surface area contributed by atoms with E-state index in [-0.39, 0.29) is 5.54 Å². The zero-order valence-electron chi connectivity index (χ0n) is 11.0. The minimum Gasteiger partial charge on any atom is -0.329 e. The van der Waals surface area contributed by atoms with E-state index >= 15 is 0 Å². The summed E-state index contributed by atoms with van der Waals surface area (Å²) < 4.78 is 0. The maximum atomic E-state index is 6.09. The van der Waals surface area contributed by atoms with Gasteiger partial charge < -0.3 is 5.73 Å². The van der Waals surface area contributed by atoms with Crippen LogP contribution in [0.4, 0.5) is 0 Å². The standard InChI is InChI=1S/C14H28N2/c1-3-16(13-6-4-5-7-13)14(2,11-15)10-12-8-9-12/h12-13H,3-11,15H2,1-2H3. The van der Waals surface area contributed by atoms with Gasteiger partial charge in [0.25, 0.3) is 0 Å². The van der Waals surface area contributed by atoms with Crippen molar-refractivity contribution < 1.29 is 0 Å². The van der Waals surface area contributed by atoms with E-state index in [1.807, 2.05) is 0 Å². The van der Waals surface area contributed by atoms with Gasteiger partial charge in [0.05, 0.1) is 0 Å². The molecular weight excluding hydrogens is 196 g/mol. The first-order valence-electron chi connectivity index (χ1n) is 7.16. The Morgan fingerprint density at radius 1 is 1.19 bits per heavy atom. The molecule has 1 atom stereocenters. The molecule has 0 aromatic heterocycles. The van der Waals surface area contributed by atoms with Crippen LogP contribution in [0.1, 0.15) is 58.8 Å². The third-order valence-electron chi connectivity index (χ3n) is 4.66. The molecule has 0 amide bonds. The van der Waals surface area contributed by atoms with Gasteiger partial charge in [-0.3, -0.25) is 4.90 Å². The van der Waals surface area contributed by atoms with Gasteiger partial charge in [0, 0.05) is 18.1 Å². The molecule has 2 N–H and O–H groups in total. The maximum absolute atomic E-state index is 6.09. The molecule has 0 saturated heterocycles. The molecule has 2 aliphatic carbocycles. The van der Waals surface area contributed by atoms with Crippen LogP contribution in [-0.2, 0) is 0 Å². The lowest BCUT2D eigenvalue weighted by Crippen LogP contribution is -2.55. The van der Waals surface area contributed by atoms with E-state index in [0.717, 1.165) is 18.5 Å². The molecule has 94 valence electrons. The normalized spacial score (nSPS) is 26.2. The molecule has 0 bridgehead atoms. The van der Waals surface area contributed by atoms with Gasteiger partial charge in [0.2, 0.25) is 0 Å². The van der Waals surface area contributed by atoms with Gasteiger partial charge in [-0.25, -0.2) is 0 Å². The number of nitrogens with two attached hydrogens (primary N) is 1. The minimum atomic E-state index is 0.269. The molecule has 2 nitrogen and oxygen atoms in total. The van der Waals surface area contributed by atoms with Crippen molar-refractivity contribution in [2.75, 3.05) is 13.1 Å². The Hall–Kier alpha value is -0.0800. The third-order valence-corrected chi connectivity index (χ3v) is 4.66. The zero-order chi connectivity index (χ0) is 11.6. The van der Waals surface area contributed by atoms with Crippen molar-refractivity contribution in [2.24, 2.45) is 11.7 Å². The topological polar surface area (TPSA) is 29.3 Å². The van der Waals surface area contributed by atoms with Crippen LogP contribution >= 0.6 is 0 Å². The predicted octanol–water partition coefficient (Wildman–Crippen LogP) is 2.77. The summed E-state index contributed by atoms with van der Waals surface area (Å²) in [4.78, 5) is 2.72. The summed E-state index contributed by atoms with van der Waals surface area (Å²) in [5, 5.41) is 0. The first-order chi connectivity index (χ1) is 7.69. The fraction of sp³-hybridized carbons (Fsp3) is 1.00. The van der Waals surface area contributed by atoms with Gasteiger partial charge in [-0.2, -0.15) is 0 Å². The molecule has 2 fully saturated rings. The van der Waals surface area contributed by atoms with Gasteiger partial charge in [0.15, 0.2) is 0 Å². The highest BCUT2D eigenvalue weighted by molar-refractivity contribution is 4.96. The molecule has 2 rings (SSSR count). The number of hydrogen-bond acceptors (Lipinski definition) is 2. The number of nitrogens with zero attached hydrogens (tertiary/aromatic N) is 1. The molecule has 0 heterocycles. The number of rotatable bonds is 6. The van der Waals surface area contributed by atoms with E-state index in [4.69, 9.17) is 5.73 Å². The summed E-state index contributed by atoms with van der Waals surface area (Å²) in [6.07, 6.45) is 9.85. The second-order valence-electron chi connectivity index (χ2n) is 6.07. The fourth-order valence-corrected chi connectivity index (χ4v) is 3.56. The van der Waals surface area contributed by atoms with Crippen LogP contribution in [0, 0.1) is 5.92 Å². The van der Waals surface area contributed by atoms with Crippen LogP contribution in [-0.4, -0.2) is 29.6 Å². The Balaban J connectivity index is 2.02. The quantitative estimate of drug-likeness (QED) is 0.751. The lowest BCUT2D eigenvalue weighted by Gasteiger charge is -2.44. The van der Waals surface area contributed by atoms with E-state index in [0.29, 0.717) is 0 Å². The lowest BCUT2D eigenvalue weighted by molar-refractivity contribution is 0.0573. The van der Waals surface area contributed by atoms with Crippen molar-refractivity contribution in [3.05, 3.63) is 0 Å². The predicted molar refractivity (Wildman–Crippen MR) is 69.4 cm³/mol. The average molecular weight is 224 g/mol. The molecule has 2 saturated carbocycles. The molecule has 0 aromatic carbocycles. The minimum absolute atomic E-state index is 0.269. The molecule has 0 radical (unpaired) electrons. The van der Waals surface area contributed by atoms with E-state index in [2.05, 4.69) is 18.7 Å². The van der Waals surface area contributed by atoms with E-state index < -0.39 is 0 Å². The first-order valence-corrected chi connectivity index (χ1v) is 7.16. The summed E-state index contributed by atoms with van der Waals surface area (Å²) in [6.45, 7) is 6.70. The number of hydrogen-bond donors (Lipinski definition) is 1. The fourth-order valence-electron chi connectivity index (χ4n) is 3.56. The van der Waals surface area contributed by atoms with Crippen LogP contribution < -0.4 is 5.73 Å². The number of likely N-dealkylation sites (N-methyl/N-ethyl adjacent to an activating group) is 1. The van der Waals surface area contributed by atoms with Crippen LogP contribution in [0.15, 0.2) is 0 Å². The van der Waals surface area contributed by atoms with Crippen molar-refractivity contribution in [3.63, 3.8) is 0 Å². The largest absolute Gasteiger partial charge is 0.329 e. The Bertz CT molecular complexity index is 219. The van der Waals surface area contributed by atoms with Crippen molar-refractivity contribution in [3.8, 4) is 0 Å². The smallest absolute Gasteiger partial charge is 0.0309 e. The van der Waals surface area contributed by atoms with Crippen LogP contribution in [0.2, 0.25) is 0 Å². The molecule has 2 heteroatoms. The molecular formula is C14H28N2. The lowest BCUT2D eigenvalue weighted by atomic mass is 9.90.